The lowest BCUT2D eigenvalue weighted by atomic mass is 10.3. The van der Waals surface area contributed by atoms with Crippen LogP contribution in [0, 0.1) is 0 Å². The molecule has 1 amide bonds. The molecule has 1 aromatic heterocycles. The molecule has 0 bridgehead atoms. The normalized spacial score (nSPS) is 16.1. The first-order valence-electron chi connectivity index (χ1n) is 6.79. The van der Waals surface area contributed by atoms with E-state index in [0.29, 0.717) is 23.9 Å². The average molecular weight is 279 g/mol. The zero-order chi connectivity index (χ0) is 14.5. The second-order valence-electron chi connectivity index (χ2n) is 4.70. The van der Waals surface area contributed by atoms with Crippen molar-refractivity contribution in [3.63, 3.8) is 0 Å². The molecule has 1 N–H and O–H groups in total. The van der Waals surface area contributed by atoms with Gasteiger partial charge >= 0.3 is 0 Å². The van der Waals surface area contributed by atoms with Crippen LogP contribution in [0.15, 0.2) is 6.33 Å². The maximum Gasteiger partial charge on any atom is 0.241 e. The fourth-order valence-corrected chi connectivity index (χ4v) is 2.24. The Hall–Kier alpha value is -2.05. The zero-order valence-electron chi connectivity index (χ0n) is 12.2. The van der Waals surface area contributed by atoms with Crippen LogP contribution >= 0.6 is 0 Å². The van der Waals surface area contributed by atoms with Crippen molar-refractivity contribution < 1.29 is 9.53 Å². The Labute approximate surface area is 118 Å². The molecule has 0 atom stereocenters. The molecule has 7 nitrogen and oxygen atoms in total. The number of rotatable bonds is 4. The molecule has 0 radical (unpaired) electrons. The topological polar surface area (TPSA) is 70.6 Å². The summed E-state index contributed by atoms with van der Waals surface area (Å²) in [5.41, 5.74) is 0. The van der Waals surface area contributed by atoms with Crippen LogP contribution in [0.5, 0.6) is 5.75 Å². The van der Waals surface area contributed by atoms with Gasteiger partial charge in [0.2, 0.25) is 11.7 Å². The van der Waals surface area contributed by atoms with Crippen molar-refractivity contribution in [2.75, 3.05) is 50.6 Å². The summed E-state index contributed by atoms with van der Waals surface area (Å²) in [6.07, 6.45) is 2.40. The van der Waals surface area contributed by atoms with Crippen LogP contribution in [0.25, 0.3) is 0 Å². The highest BCUT2D eigenvalue weighted by molar-refractivity contribution is 5.82. The molecule has 1 fully saturated rings. The molecule has 0 aliphatic carbocycles. The van der Waals surface area contributed by atoms with Gasteiger partial charge in [-0.25, -0.2) is 9.97 Å². The summed E-state index contributed by atoms with van der Waals surface area (Å²) in [6, 6.07) is 0. The van der Waals surface area contributed by atoms with Gasteiger partial charge in [0.05, 0.1) is 13.7 Å². The summed E-state index contributed by atoms with van der Waals surface area (Å²) >= 11 is 0. The molecule has 0 spiro atoms. The summed E-state index contributed by atoms with van der Waals surface area (Å²) in [5, 5.41) is 3.14. The van der Waals surface area contributed by atoms with Gasteiger partial charge in [-0.3, -0.25) is 4.79 Å². The molecule has 0 unspecified atom stereocenters. The molecule has 2 heterocycles. The Morgan fingerprint density at radius 1 is 1.40 bits per heavy atom. The lowest BCUT2D eigenvalue weighted by molar-refractivity contribution is -0.127. The van der Waals surface area contributed by atoms with Gasteiger partial charge in [0.25, 0.3) is 0 Å². The van der Waals surface area contributed by atoms with E-state index in [0.717, 1.165) is 26.1 Å². The van der Waals surface area contributed by atoms with Crippen molar-refractivity contribution in [3.8, 4) is 5.75 Å². The highest BCUT2D eigenvalue weighted by atomic mass is 16.5. The van der Waals surface area contributed by atoms with Crippen LogP contribution in [0.4, 0.5) is 11.6 Å². The van der Waals surface area contributed by atoms with E-state index in [-0.39, 0.29) is 5.91 Å². The molecule has 1 saturated heterocycles. The summed E-state index contributed by atoms with van der Waals surface area (Å²) < 4.78 is 5.43. The number of carbonyl (C=O) groups excluding carboxylic acids is 1. The molecule has 1 aromatic rings. The molecular weight excluding hydrogens is 258 g/mol. The van der Waals surface area contributed by atoms with E-state index in [2.05, 4.69) is 15.3 Å². The summed E-state index contributed by atoms with van der Waals surface area (Å²) in [4.78, 5) is 24.2. The average Bonchev–Trinajstić information content (AvgIpc) is 2.61. The third-order valence-electron chi connectivity index (χ3n) is 3.31. The molecule has 0 saturated carbocycles. The quantitative estimate of drug-likeness (QED) is 0.869. The Kier molecular flexibility index (Phi) is 4.60. The minimum atomic E-state index is 0.0909. The second-order valence-corrected chi connectivity index (χ2v) is 4.70. The van der Waals surface area contributed by atoms with Gasteiger partial charge in [-0.1, -0.05) is 0 Å². The fourth-order valence-electron chi connectivity index (χ4n) is 2.24. The van der Waals surface area contributed by atoms with Gasteiger partial charge in [0, 0.05) is 26.7 Å². The monoisotopic (exact) mass is 279 g/mol. The number of hydrogen-bond acceptors (Lipinski definition) is 6. The molecular formula is C13H21N5O2. The first kappa shape index (κ1) is 14.4. The molecule has 2 rings (SSSR count). The van der Waals surface area contributed by atoms with Crippen molar-refractivity contribution in [3.05, 3.63) is 6.33 Å². The van der Waals surface area contributed by atoms with Crippen LogP contribution in [0.3, 0.4) is 0 Å². The third-order valence-corrected chi connectivity index (χ3v) is 3.31. The lowest BCUT2D eigenvalue weighted by Gasteiger charge is -2.23. The van der Waals surface area contributed by atoms with Crippen LogP contribution < -0.4 is 15.0 Å². The zero-order valence-corrected chi connectivity index (χ0v) is 12.2. The van der Waals surface area contributed by atoms with E-state index in [1.54, 1.807) is 12.0 Å². The number of amides is 1. The van der Waals surface area contributed by atoms with Crippen molar-refractivity contribution >= 4 is 17.5 Å². The second kappa shape index (κ2) is 6.40. The van der Waals surface area contributed by atoms with Crippen molar-refractivity contribution in [1.82, 2.24) is 14.9 Å². The lowest BCUT2D eigenvalue weighted by Crippen LogP contribution is -2.35. The first-order valence-corrected chi connectivity index (χ1v) is 6.79. The number of nitrogens with one attached hydrogen (secondary N) is 1. The highest BCUT2D eigenvalue weighted by Crippen LogP contribution is 2.32. The van der Waals surface area contributed by atoms with Gasteiger partial charge < -0.3 is 19.9 Å². The Morgan fingerprint density at radius 3 is 2.90 bits per heavy atom. The van der Waals surface area contributed by atoms with E-state index < -0.39 is 0 Å². The number of hydrogen-bond donors (Lipinski definition) is 1. The van der Waals surface area contributed by atoms with Crippen LogP contribution in [-0.2, 0) is 4.79 Å². The first-order chi connectivity index (χ1) is 9.67. The number of nitrogens with zero attached hydrogens (tertiary/aromatic N) is 4. The Morgan fingerprint density at radius 2 is 2.20 bits per heavy atom. The number of methoxy groups -OCH3 is 1. The van der Waals surface area contributed by atoms with Crippen molar-refractivity contribution in [1.29, 1.82) is 0 Å². The smallest absolute Gasteiger partial charge is 0.241 e. The number of ether oxygens (including phenoxy) is 1. The van der Waals surface area contributed by atoms with Crippen molar-refractivity contribution in [2.24, 2.45) is 0 Å². The number of carbonyl (C=O) groups is 1. The minimum Gasteiger partial charge on any atom is -0.490 e. The molecule has 7 heteroatoms. The largest absolute Gasteiger partial charge is 0.490 e. The fraction of sp³-hybridized carbons (Fsp3) is 0.615. The SMILES string of the molecule is CCNc1ncnc(N2CCCN(C)C(=O)C2)c1OC. The maximum absolute atomic E-state index is 12.0. The Bertz CT molecular complexity index is 480. The highest BCUT2D eigenvalue weighted by Gasteiger charge is 2.24. The van der Waals surface area contributed by atoms with Crippen LogP contribution in [-0.4, -0.2) is 61.1 Å². The summed E-state index contributed by atoms with van der Waals surface area (Å²) in [7, 11) is 3.42. The summed E-state index contributed by atoms with van der Waals surface area (Å²) in [6.45, 7) is 4.59. The van der Waals surface area contributed by atoms with E-state index in [1.807, 2.05) is 18.9 Å². The van der Waals surface area contributed by atoms with Crippen molar-refractivity contribution in [2.45, 2.75) is 13.3 Å². The van der Waals surface area contributed by atoms with Gasteiger partial charge in [-0.15, -0.1) is 0 Å². The molecule has 1 aliphatic heterocycles. The van der Waals surface area contributed by atoms with Crippen LogP contribution in [0.1, 0.15) is 13.3 Å². The minimum absolute atomic E-state index is 0.0909. The maximum atomic E-state index is 12.0. The van der Waals surface area contributed by atoms with E-state index in [4.69, 9.17) is 4.74 Å². The number of likely N-dealkylation sites (N-methyl/N-ethyl adjacent to an activating group) is 1. The van der Waals surface area contributed by atoms with Gasteiger partial charge in [-0.05, 0) is 13.3 Å². The number of anilines is 2. The van der Waals surface area contributed by atoms with Gasteiger partial charge in [0.1, 0.15) is 6.33 Å². The summed E-state index contributed by atoms with van der Waals surface area (Å²) in [5.74, 6) is 2.01. The molecule has 1 aliphatic rings. The standard InChI is InChI=1S/C13H21N5O2/c1-4-14-12-11(20-3)13(16-9-15-12)18-7-5-6-17(2)10(19)8-18/h9H,4-8H2,1-3H3,(H,14,15,16). The molecule has 20 heavy (non-hydrogen) atoms. The van der Waals surface area contributed by atoms with E-state index in [1.165, 1.54) is 6.33 Å². The Balaban J connectivity index is 2.31. The molecule has 0 aromatic carbocycles. The van der Waals surface area contributed by atoms with Gasteiger partial charge in [0.15, 0.2) is 11.6 Å². The molecule has 110 valence electrons. The number of aromatic nitrogens is 2. The third kappa shape index (κ3) is 2.92. The van der Waals surface area contributed by atoms with Crippen LogP contribution in [0.2, 0.25) is 0 Å². The predicted octanol–water partition coefficient (Wildman–Crippen LogP) is 0.586. The van der Waals surface area contributed by atoms with E-state index >= 15 is 0 Å². The van der Waals surface area contributed by atoms with Gasteiger partial charge in [-0.2, -0.15) is 0 Å². The van der Waals surface area contributed by atoms with E-state index in [9.17, 15) is 4.79 Å². The predicted molar refractivity (Wildman–Crippen MR) is 77.2 cm³/mol.